The number of allylic oxidation sites excluding steroid dienone is 22. The van der Waals surface area contributed by atoms with Crippen LogP contribution >= 0.6 is 0 Å². The van der Waals surface area contributed by atoms with Crippen molar-refractivity contribution >= 4 is 17.9 Å². The summed E-state index contributed by atoms with van der Waals surface area (Å²) in [7, 11) is 0. The molecule has 388 valence electrons. The molecule has 0 fully saturated rings. The van der Waals surface area contributed by atoms with Crippen molar-refractivity contribution in [2.75, 3.05) is 13.2 Å². The van der Waals surface area contributed by atoms with Gasteiger partial charge in [0.1, 0.15) is 13.2 Å². The number of carbonyl (C=O) groups is 3. The molecule has 0 saturated carbocycles. The van der Waals surface area contributed by atoms with Crippen molar-refractivity contribution < 1.29 is 28.6 Å². The Balaban J connectivity index is 4.37. The molecule has 6 heteroatoms. The van der Waals surface area contributed by atoms with Crippen LogP contribution in [-0.4, -0.2) is 37.2 Å². The third kappa shape index (κ3) is 54.4. The van der Waals surface area contributed by atoms with E-state index in [-0.39, 0.29) is 31.6 Å². The molecule has 0 aliphatic heterocycles. The van der Waals surface area contributed by atoms with Gasteiger partial charge < -0.3 is 14.2 Å². The maximum atomic E-state index is 12.8. The van der Waals surface area contributed by atoms with E-state index in [9.17, 15) is 14.4 Å². The zero-order valence-electron chi connectivity index (χ0n) is 44.3. The van der Waals surface area contributed by atoms with Crippen LogP contribution in [0.15, 0.2) is 134 Å². The van der Waals surface area contributed by atoms with Crippen LogP contribution in [-0.2, 0) is 28.6 Å². The van der Waals surface area contributed by atoms with Crippen molar-refractivity contribution in [3.63, 3.8) is 0 Å². The van der Waals surface area contributed by atoms with E-state index in [1.807, 2.05) is 12.2 Å². The Bertz CT molecular complexity index is 1510. The number of esters is 3. The van der Waals surface area contributed by atoms with Crippen LogP contribution in [0, 0.1) is 0 Å². The Morgan fingerprint density at radius 3 is 0.884 bits per heavy atom. The lowest BCUT2D eigenvalue weighted by atomic mass is 10.0. The zero-order valence-corrected chi connectivity index (χ0v) is 44.3. The van der Waals surface area contributed by atoms with Gasteiger partial charge in [-0.25, -0.2) is 0 Å². The monoisotopic (exact) mass is 953 g/mol. The molecule has 0 rings (SSSR count). The van der Waals surface area contributed by atoms with Crippen molar-refractivity contribution in [3.8, 4) is 0 Å². The van der Waals surface area contributed by atoms with E-state index < -0.39 is 12.1 Å². The van der Waals surface area contributed by atoms with Crippen LogP contribution < -0.4 is 0 Å². The summed E-state index contributed by atoms with van der Waals surface area (Å²) in [4.78, 5) is 38.0. The van der Waals surface area contributed by atoms with Gasteiger partial charge in [-0.05, 0) is 116 Å². The van der Waals surface area contributed by atoms with Gasteiger partial charge in [0.2, 0.25) is 0 Å². The minimum Gasteiger partial charge on any atom is -0.462 e. The molecule has 69 heavy (non-hydrogen) atoms. The maximum Gasteiger partial charge on any atom is 0.306 e. The number of ether oxygens (including phenoxy) is 3. The average molecular weight is 953 g/mol. The van der Waals surface area contributed by atoms with Crippen molar-refractivity contribution in [1.82, 2.24) is 0 Å². The lowest BCUT2D eigenvalue weighted by molar-refractivity contribution is -0.166. The quantitative estimate of drug-likeness (QED) is 0.0262. The van der Waals surface area contributed by atoms with Gasteiger partial charge in [-0.2, -0.15) is 0 Å². The second kappa shape index (κ2) is 56.1. The first-order valence-electron chi connectivity index (χ1n) is 27.7. The van der Waals surface area contributed by atoms with Gasteiger partial charge >= 0.3 is 17.9 Å². The lowest BCUT2D eigenvalue weighted by Crippen LogP contribution is -2.30. The van der Waals surface area contributed by atoms with Crippen LogP contribution in [0.4, 0.5) is 0 Å². The molecule has 0 heterocycles. The van der Waals surface area contributed by atoms with E-state index in [4.69, 9.17) is 14.2 Å². The molecule has 0 aromatic carbocycles. The van der Waals surface area contributed by atoms with Crippen molar-refractivity contribution in [1.29, 1.82) is 0 Å². The van der Waals surface area contributed by atoms with Gasteiger partial charge in [-0.1, -0.05) is 225 Å². The summed E-state index contributed by atoms with van der Waals surface area (Å²) in [6, 6.07) is 0. The van der Waals surface area contributed by atoms with Crippen molar-refractivity contribution in [2.45, 2.75) is 232 Å². The van der Waals surface area contributed by atoms with E-state index in [0.29, 0.717) is 19.3 Å². The van der Waals surface area contributed by atoms with Crippen molar-refractivity contribution in [3.05, 3.63) is 134 Å². The van der Waals surface area contributed by atoms with Crippen LogP contribution in [0.3, 0.4) is 0 Å². The SMILES string of the molecule is CC/C=C\C/C=C\C/C=C\C/C=C\CCCCCCCCCCCCCCC(=O)OCC(COC(=O)CCCCC/C=C\C/C=C\C/C=C\CC)OC(=O)CC/C=C\C/C=C\C/C=C\C/C=C\CC. The molecule has 0 radical (unpaired) electrons. The first-order valence-corrected chi connectivity index (χ1v) is 27.7. The summed E-state index contributed by atoms with van der Waals surface area (Å²) in [5.74, 6) is -1.04. The highest BCUT2D eigenvalue weighted by Crippen LogP contribution is 2.14. The highest BCUT2D eigenvalue weighted by molar-refractivity contribution is 5.71. The Labute approximate surface area is 424 Å². The van der Waals surface area contributed by atoms with Crippen LogP contribution in [0.25, 0.3) is 0 Å². The minimum absolute atomic E-state index is 0.121. The topological polar surface area (TPSA) is 78.9 Å². The molecule has 0 saturated heterocycles. The summed E-state index contributed by atoms with van der Waals surface area (Å²) in [5.41, 5.74) is 0. The Kier molecular flexibility index (Phi) is 52.5. The summed E-state index contributed by atoms with van der Waals surface area (Å²) >= 11 is 0. The average Bonchev–Trinajstić information content (AvgIpc) is 3.35. The fraction of sp³-hybridized carbons (Fsp3) is 0.603. The number of rotatable bonds is 48. The fourth-order valence-electron chi connectivity index (χ4n) is 7.11. The Morgan fingerprint density at radius 1 is 0.290 bits per heavy atom. The summed E-state index contributed by atoms with van der Waals surface area (Å²) < 4.78 is 16.7. The summed E-state index contributed by atoms with van der Waals surface area (Å²) in [6.07, 6.45) is 79.0. The molecule has 0 aromatic rings. The number of hydrogen-bond donors (Lipinski definition) is 0. The summed E-state index contributed by atoms with van der Waals surface area (Å²) in [5, 5.41) is 0. The zero-order chi connectivity index (χ0) is 50.0. The molecule has 1 atom stereocenters. The molecule has 0 spiro atoms. The van der Waals surface area contributed by atoms with E-state index >= 15 is 0 Å². The highest BCUT2D eigenvalue weighted by atomic mass is 16.6. The number of unbranched alkanes of at least 4 members (excludes halogenated alkanes) is 15. The second-order valence-corrected chi connectivity index (χ2v) is 17.7. The molecule has 0 N–H and O–H groups in total. The molecular weight excluding hydrogens is 853 g/mol. The second-order valence-electron chi connectivity index (χ2n) is 17.7. The third-order valence-electron chi connectivity index (χ3n) is 11.1. The first-order chi connectivity index (χ1) is 34.0. The van der Waals surface area contributed by atoms with Gasteiger partial charge in [0.25, 0.3) is 0 Å². The summed E-state index contributed by atoms with van der Waals surface area (Å²) in [6.45, 7) is 6.19. The van der Waals surface area contributed by atoms with Crippen LogP contribution in [0.5, 0.6) is 0 Å². The molecule has 0 aliphatic carbocycles. The molecular formula is C63H100O6. The molecule has 0 aromatic heterocycles. The normalized spacial score (nSPS) is 13.1. The molecule has 0 aliphatic rings. The molecule has 6 nitrogen and oxygen atoms in total. The third-order valence-corrected chi connectivity index (χ3v) is 11.1. The van der Waals surface area contributed by atoms with Crippen molar-refractivity contribution in [2.24, 2.45) is 0 Å². The van der Waals surface area contributed by atoms with Gasteiger partial charge in [-0.15, -0.1) is 0 Å². The van der Waals surface area contributed by atoms with E-state index in [0.717, 1.165) is 116 Å². The lowest BCUT2D eigenvalue weighted by Gasteiger charge is -2.18. The van der Waals surface area contributed by atoms with Gasteiger partial charge in [-0.3, -0.25) is 14.4 Å². The maximum absolute atomic E-state index is 12.8. The first kappa shape index (κ1) is 64.5. The predicted molar refractivity (Wildman–Crippen MR) is 297 cm³/mol. The fourth-order valence-corrected chi connectivity index (χ4v) is 7.11. The Hall–Kier alpha value is -4.45. The van der Waals surface area contributed by atoms with Gasteiger partial charge in [0.15, 0.2) is 6.10 Å². The highest BCUT2D eigenvalue weighted by Gasteiger charge is 2.19. The standard InChI is InChI=1S/C63H100O6/c1-4-7-10-13-16-19-22-25-26-27-28-29-30-31-32-33-34-35-36-39-41-44-47-50-53-56-62(65)68-59-60(69-63(66)57-54-51-48-45-42-38-24-21-18-15-12-9-6-3)58-67-61(64)55-52-49-46-43-40-37-23-20-17-14-11-8-5-2/h7-12,16-21,25-26,28-29,37-38,40,42,48,51,60H,4-6,13-15,22-24,27,30-36,39,41,43-47,49-50,52-59H2,1-3H3/b10-7-,11-8-,12-9-,19-16-,20-17-,21-18-,26-25-,29-28-,40-37-,42-38-,51-48-. The molecule has 0 amide bonds. The molecule has 0 bridgehead atoms. The minimum atomic E-state index is -0.833. The van der Waals surface area contributed by atoms with Crippen LogP contribution in [0.2, 0.25) is 0 Å². The predicted octanol–water partition coefficient (Wildman–Crippen LogP) is 18.6. The van der Waals surface area contributed by atoms with Crippen LogP contribution in [0.1, 0.15) is 226 Å². The number of hydrogen-bond acceptors (Lipinski definition) is 6. The van der Waals surface area contributed by atoms with Gasteiger partial charge in [0, 0.05) is 19.3 Å². The molecule has 1 unspecified atom stereocenters. The number of carbonyl (C=O) groups excluding carboxylic acids is 3. The largest absolute Gasteiger partial charge is 0.462 e. The Morgan fingerprint density at radius 2 is 0.551 bits per heavy atom. The van der Waals surface area contributed by atoms with E-state index in [1.165, 1.54) is 64.2 Å². The smallest absolute Gasteiger partial charge is 0.306 e. The van der Waals surface area contributed by atoms with E-state index in [1.54, 1.807) is 0 Å². The van der Waals surface area contributed by atoms with E-state index in [2.05, 4.69) is 142 Å². The van der Waals surface area contributed by atoms with Gasteiger partial charge in [0.05, 0.1) is 0 Å².